The Morgan fingerprint density at radius 2 is 1.76 bits per heavy atom. The summed E-state index contributed by atoms with van der Waals surface area (Å²) >= 11 is 0. The summed E-state index contributed by atoms with van der Waals surface area (Å²) in [5.74, 6) is 1.85. The van der Waals surface area contributed by atoms with Gasteiger partial charge in [0.05, 0.1) is 24.1 Å². The van der Waals surface area contributed by atoms with E-state index in [2.05, 4.69) is 26.8 Å². The van der Waals surface area contributed by atoms with Crippen molar-refractivity contribution in [2.45, 2.75) is 45.4 Å². The summed E-state index contributed by atoms with van der Waals surface area (Å²) in [5, 5.41) is 0. The van der Waals surface area contributed by atoms with Crippen molar-refractivity contribution in [2.24, 2.45) is 5.92 Å². The SMILES string of the molecule is CCc1ncnc(-c2ccc(C(=O)N3CCN(CC4CCCCC4)CC3)c(OC)c2)c1-c1ccc(N)nc1. The number of methoxy groups -OCH3 is 1. The second-order valence-electron chi connectivity index (χ2n) is 10.4. The lowest BCUT2D eigenvalue weighted by Gasteiger charge is -2.37. The molecule has 1 amide bonds. The van der Waals surface area contributed by atoms with Gasteiger partial charge < -0.3 is 15.4 Å². The van der Waals surface area contributed by atoms with Crippen LogP contribution in [0.15, 0.2) is 42.9 Å². The highest BCUT2D eigenvalue weighted by molar-refractivity contribution is 5.98. The minimum Gasteiger partial charge on any atom is -0.496 e. The maximum Gasteiger partial charge on any atom is 0.257 e. The van der Waals surface area contributed by atoms with E-state index in [1.165, 1.54) is 38.6 Å². The fraction of sp³-hybridized carbons (Fsp3) is 0.467. The highest BCUT2D eigenvalue weighted by Gasteiger charge is 2.27. The van der Waals surface area contributed by atoms with Crippen molar-refractivity contribution in [3.63, 3.8) is 0 Å². The predicted molar refractivity (Wildman–Crippen MR) is 150 cm³/mol. The standard InChI is InChI=1S/C30H38N6O2/c1-3-25-28(23-10-12-27(31)32-18-23)29(34-20-33-25)22-9-11-24(26(17-22)38-2)30(37)36-15-13-35(14-16-36)19-21-7-5-4-6-8-21/h9-12,17-18,20-21H,3-8,13-16,19H2,1-2H3,(H2,31,32). The van der Waals surface area contributed by atoms with Crippen LogP contribution < -0.4 is 10.5 Å². The van der Waals surface area contributed by atoms with Gasteiger partial charge in [-0.15, -0.1) is 0 Å². The maximum atomic E-state index is 13.5. The smallest absolute Gasteiger partial charge is 0.257 e. The molecule has 1 saturated heterocycles. The zero-order chi connectivity index (χ0) is 26.5. The van der Waals surface area contributed by atoms with Crippen LogP contribution in [0.1, 0.15) is 55.1 Å². The number of nitrogens with zero attached hydrogens (tertiary/aromatic N) is 5. The predicted octanol–water partition coefficient (Wildman–Crippen LogP) is 4.70. The van der Waals surface area contributed by atoms with Crippen LogP contribution in [0.2, 0.25) is 0 Å². The molecule has 3 aromatic rings. The second kappa shape index (κ2) is 11.9. The Hall–Kier alpha value is -3.52. The number of aromatic nitrogens is 3. The molecule has 0 bridgehead atoms. The van der Waals surface area contributed by atoms with Crippen molar-refractivity contribution in [3.05, 3.63) is 54.1 Å². The molecule has 1 saturated carbocycles. The molecule has 1 aromatic carbocycles. The number of anilines is 1. The first-order valence-electron chi connectivity index (χ1n) is 13.8. The van der Waals surface area contributed by atoms with Crippen molar-refractivity contribution in [2.75, 3.05) is 45.6 Å². The quantitative estimate of drug-likeness (QED) is 0.488. The maximum absolute atomic E-state index is 13.5. The van der Waals surface area contributed by atoms with Gasteiger partial charge in [0.25, 0.3) is 5.91 Å². The van der Waals surface area contributed by atoms with Crippen LogP contribution >= 0.6 is 0 Å². The summed E-state index contributed by atoms with van der Waals surface area (Å²) in [5.41, 5.74) is 10.8. The van der Waals surface area contributed by atoms with Crippen LogP contribution in [0.4, 0.5) is 5.82 Å². The van der Waals surface area contributed by atoms with Gasteiger partial charge in [-0.2, -0.15) is 0 Å². The van der Waals surface area contributed by atoms with Crippen LogP contribution in [0.3, 0.4) is 0 Å². The summed E-state index contributed by atoms with van der Waals surface area (Å²) < 4.78 is 5.73. The average molecular weight is 515 g/mol. The first-order chi connectivity index (χ1) is 18.6. The van der Waals surface area contributed by atoms with E-state index in [0.29, 0.717) is 17.1 Å². The van der Waals surface area contributed by atoms with E-state index in [1.54, 1.807) is 25.7 Å². The molecule has 3 heterocycles. The monoisotopic (exact) mass is 514 g/mol. The molecular formula is C30H38N6O2. The van der Waals surface area contributed by atoms with Crippen LogP contribution in [-0.4, -0.2) is 70.5 Å². The lowest BCUT2D eigenvalue weighted by Crippen LogP contribution is -2.49. The van der Waals surface area contributed by atoms with E-state index in [1.807, 2.05) is 29.2 Å². The van der Waals surface area contributed by atoms with E-state index >= 15 is 0 Å². The number of pyridine rings is 1. The molecule has 2 aliphatic rings. The molecular weight excluding hydrogens is 476 g/mol. The van der Waals surface area contributed by atoms with Crippen LogP contribution in [0.5, 0.6) is 5.75 Å². The number of hydrogen-bond acceptors (Lipinski definition) is 7. The normalized spacial score (nSPS) is 16.9. The first kappa shape index (κ1) is 26.1. The molecule has 2 fully saturated rings. The molecule has 38 heavy (non-hydrogen) atoms. The van der Waals surface area contributed by atoms with Gasteiger partial charge in [0.2, 0.25) is 0 Å². The molecule has 1 aliphatic carbocycles. The third-order valence-corrected chi connectivity index (χ3v) is 7.94. The number of carbonyl (C=O) groups is 1. The number of ether oxygens (including phenoxy) is 1. The number of rotatable bonds is 7. The number of piperazine rings is 1. The van der Waals surface area contributed by atoms with E-state index in [0.717, 1.165) is 66.6 Å². The summed E-state index contributed by atoms with van der Waals surface area (Å²) in [6.07, 6.45) is 10.9. The fourth-order valence-electron chi connectivity index (χ4n) is 5.82. The molecule has 0 spiro atoms. The van der Waals surface area contributed by atoms with Gasteiger partial charge in [0.15, 0.2) is 0 Å². The second-order valence-corrected chi connectivity index (χ2v) is 10.4. The molecule has 0 unspecified atom stereocenters. The van der Waals surface area contributed by atoms with E-state index in [-0.39, 0.29) is 5.91 Å². The number of amides is 1. The average Bonchev–Trinajstić information content (AvgIpc) is 2.97. The molecule has 1 aliphatic heterocycles. The molecule has 8 heteroatoms. The van der Waals surface area contributed by atoms with Crippen molar-refractivity contribution in [1.82, 2.24) is 24.8 Å². The number of hydrogen-bond donors (Lipinski definition) is 1. The van der Waals surface area contributed by atoms with Crippen molar-refractivity contribution in [3.8, 4) is 28.1 Å². The number of nitrogens with two attached hydrogens (primary N) is 1. The fourth-order valence-corrected chi connectivity index (χ4v) is 5.82. The molecule has 0 radical (unpaired) electrons. The van der Waals surface area contributed by atoms with Crippen molar-refractivity contribution < 1.29 is 9.53 Å². The van der Waals surface area contributed by atoms with E-state index in [9.17, 15) is 4.79 Å². The van der Waals surface area contributed by atoms with Crippen molar-refractivity contribution >= 4 is 11.7 Å². The van der Waals surface area contributed by atoms with Gasteiger partial charge in [-0.05, 0) is 49.4 Å². The third kappa shape index (κ3) is 5.65. The van der Waals surface area contributed by atoms with Gasteiger partial charge in [-0.3, -0.25) is 9.69 Å². The molecule has 0 atom stereocenters. The Kier molecular flexibility index (Phi) is 8.17. The van der Waals surface area contributed by atoms with E-state index < -0.39 is 0 Å². The summed E-state index contributed by atoms with van der Waals surface area (Å²) in [7, 11) is 1.61. The molecule has 2 aromatic heterocycles. The minimum absolute atomic E-state index is 0.0191. The largest absolute Gasteiger partial charge is 0.496 e. The van der Waals surface area contributed by atoms with Gasteiger partial charge in [0.1, 0.15) is 17.9 Å². The van der Waals surface area contributed by atoms with Gasteiger partial charge in [-0.25, -0.2) is 15.0 Å². The van der Waals surface area contributed by atoms with Gasteiger partial charge in [0, 0.05) is 55.6 Å². The molecule has 200 valence electrons. The number of aryl methyl sites for hydroxylation is 1. The lowest BCUT2D eigenvalue weighted by atomic mass is 9.89. The van der Waals surface area contributed by atoms with Gasteiger partial charge >= 0.3 is 0 Å². The Morgan fingerprint density at radius 1 is 1.00 bits per heavy atom. The molecule has 5 rings (SSSR count). The lowest BCUT2D eigenvalue weighted by molar-refractivity contribution is 0.0603. The zero-order valence-corrected chi connectivity index (χ0v) is 22.5. The Morgan fingerprint density at radius 3 is 2.45 bits per heavy atom. The number of carbonyl (C=O) groups excluding carboxylic acids is 1. The topological polar surface area (TPSA) is 97.5 Å². The highest BCUT2D eigenvalue weighted by Crippen LogP contribution is 2.35. The molecule has 2 N–H and O–H groups in total. The summed E-state index contributed by atoms with van der Waals surface area (Å²) in [6, 6.07) is 9.44. The Bertz CT molecular complexity index is 1250. The molecule has 8 nitrogen and oxygen atoms in total. The number of benzene rings is 1. The first-order valence-corrected chi connectivity index (χ1v) is 13.8. The van der Waals surface area contributed by atoms with Crippen LogP contribution in [-0.2, 0) is 6.42 Å². The summed E-state index contributed by atoms with van der Waals surface area (Å²) in [6.45, 7) is 6.60. The van der Waals surface area contributed by atoms with Crippen molar-refractivity contribution in [1.29, 1.82) is 0 Å². The Balaban J connectivity index is 1.35. The third-order valence-electron chi connectivity index (χ3n) is 7.94. The Labute approximate surface area is 225 Å². The van der Waals surface area contributed by atoms with Crippen LogP contribution in [0.25, 0.3) is 22.4 Å². The summed E-state index contributed by atoms with van der Waals surface area (Å²) in [4.78, 5) is 31.4. The van der Waals surface area contributed by atoms with E-state index in [4.69, 9.17) is 10.5 Å². The highest BCUT2D eigenvalue weighted by atomic mass is 16.5. The zero-order valence-electron chi connectivity index (χ0n) is 22.5. The van der Waals surface area contributed by atoms with Crippen LogP contribution in [0, 0.1) is 5.92 Å². The van der Waals surface area contributed by atoms with Gasteiger partial charge in [-0.1, -0.05) is 32.3 Å². The minimum atomic E-state index is 0.0191. The number of nitrogen functional groups attached to an aromatic ring is 1.